The van der Waals surface area contributed by atoms with Gasteiger partial charge in [-0.25, -0.2) is 0 Å². The van der Waals surface area contributed by atoms with Gasteiger partial charge in [0.15, 0.2) is 0 Å². The lowest BCUT2D eigenvalue weighted by Crippen LogP contribution is -2.19. The maximum Gasteiger partial charge on any atom is 0.224 e. The number of rotatable bonds is 3. The first-order valence-corrected chi connectivity index (χ1v) is 7.68. The number of allylic oxidation sites excluding steroid dienone is 1. The number of pyridine rings is 1. The zero-order chi connectivity index (χ0) is 15.5. The Bertz CT molecular complexity index is 717. The average Bonchev–Trinajstić information content (AvgIpc) is 2.53. The molecule has 0 aliphatic carbocycles. The number of hydrogen-bond donors (Lipinski definition) is 1. The van der Waals surface area contributed by atoms with Crippen LogP contribution in [0.4, 0.5) is 5.69 Å². The molecule has 0 radical (unpaired) electrons. The van der Waals surface area contributed by atoms with E-state index in [0.717, 1.165) is 17.7 Å². The SMILES string of the molecule is CC(C)C(=Cc1cccnc1)c1ccc2c(c1)CCC(=O)N2. The van der Waals surface area contributed by atoms with E-state index in [1.807, 2.05) is 18.3 Å². The third kappa shape index (κ3) is 3.08. The smallest absolute Gasteiger partial charge is 0.224 e. The Labute approximate surface area is 131 Å². The molecule has 0 fully saturated rings. The molecule has 112 valence electrons. The molecule has 3 nitrogen and oxygen atoms in total. The molecule has 3 heteroatoms. The van der Waals surface area contributed by atoms with Crippen LogP contribution < -0.4 is 5.32 Å². The van der Waals surface area contributed by atoms with Crippen LogP contribution in [0.1, 0.15) is 37.0 Å². The Balaban J connectivity index is 1.99. The molecule has 0 saturated carbocycles. The van der Waals surface area contributed by atoms with Crippen LogP contribution in [0.15, 0.2) is 42.7 Å². The third-order valence-electron chi connectivity index (χ3n) is 3.96. The summed E-state index contributed by atoms with van der Waals surface area (Å²) in [6.07, 6.45) is 7.24. The molecule has 0 saturated heterocycles. The summed E-state index contributed by atoms with van der Waals surface area (Å²) in [7, 11) is 0. The molecule has 2 heterocycles. The van der Waals surface area contributed by atoms with Crippen LogP contribution in [-0.4, -0.2) is 10.9 Å². The van der Waals surface area contributed by atoms with Gasteiger partial charge in [-0.2, -0.15) is 0 Å². The summed E-state index contributed by atoms with van der Waals surface area (Å²) in [6, 6.07) is 10.3. The Kier molecular flexibility index (Phi) is 4.05. The van der Waals surface area contributed by atoms with Gasteiger partial charge in [0.25, 0.3) is 0 Å². The van der Waals surface area contributed by atoms with Crippen LogP contribution in [-0.2, 0) is 11.2 Å². The number of carbonyl (C=O) groups excluding carboxylic acids is 1. The van der Waals surface area contributed by atoms with E-state index in [4.69, 9.17) is 0 Å². The number of anilines is 1. The molecule has 0 spiro atoms. The van der Waals surface area contributed by atoms with Gasteiger partial charge in [-0.15, -0.1) is 0 Å². The lowest BCUT2D eigenvalue weighted by Gasteiger charge is -2.19. The van der Waals surface area contributed by atoms with Gasteiger partial charge in [0.05, 0.1) is 0 Å². The summed E-state index contributed by atoms with van der Waals surface area (Å²) in [5.41, 5.74) is 5.78. The molecule has 3 rings (SSSR count). The molecule has 1 N–H and O–H groups in total. The molecule has 0 atom stereocenters. The fourth-order valence-corrected chi connectivity index (χ4v) is 2.79. The van der Waals surface area contributed by atoms with Crippen LogP contribution in [0, 0.1) is 5.92 Å². The summed E-state index contributed by atoms with van der Waals surface area (Å²) in [5.74, 6) is 0.520. The predicted molar refractivity (Wildman–Crippen MR) is 90.3 cm³/mol. The van der Waals surface area contributed by atoms with E-state index in [2.05, 4.69) is 48.4 Å². The first kappa shape index (κ1) is 14.5. The molecule has 2 aromatic rings. The Morgan fingerprint density at radius 3 is 2.86 bits per heavy atom. The molecule has 22 heavy (non-hydrogen) atoms. The number of fused-ring (bicyclic) bond motifs is 1. The van der Waals surface area contributed by atoms with Crippen molar-refractivity contribution in [3.63, 3.8) is 0 Å². The molecular weight excluding hydrogens is 272 g/mol. The standard InChI is InChI=1S/C19H20N2O/c1-13(2)17(10-14-4-3-9-20-12-14)15-5-7-18-16(11-15)6-8-19(22)21-18/h3-5,7,9-13H,6,8H2,1-2H3,(H,21,22). The molecule has 1 aliphatic heterocycles. The number of benzene rings is 1. The minimum absolute atomic E-state index is 0.107. The van der Waals surface area contributed by atoms with Crippen molar-refractivity contribution < 1.29 is 4.79 Å². The van der Waals surface area contributed by atoms with Crippen molar-refractivity contribution in [3.8, 4) is 0 Å². The number of aryl methyl sites for hydroxylation is 1. The second kappa shape index (κ2) is 6.14. The number of carbonyl (C=O) groups is 1. The zero-order valence-corrected chi connectivity index (χ0v) is 13.0. The highest BCUT2D eigenvalue weighted by molar-refractivity contribution is 5.94. The molecule has 1 aromatic heterocycles. The summed E-state index contributed by atoms with van der Waals surface area (Å²) >= 11 is 0. The van der Waals surface area contributed by atoms with Gasteiger partial charge in [0.1, 0.15) is 0 Å². The van der Waals surface area contributed by atoms with Crippen LogP contribution in [0.5, 0.6) is 0 Å². The van der Waals surface area contributed by atoms with Gasteiger partial charge in [0, 0.05) is 24.5 Å². The van der Waals surface area contributed by atoms with E-state index in [-0.39, 0.29) is 5.91 Å². The van der Waals surface area contributed by atoms with E-state index in [1.54, 1.807) is 6.20 Å². The van der Waals surface area contributed by atoms with E-state index in [0.29, 0.717) is 12.3 Å². The van der Waals surface area contributed by atoms with E-state index in [9.17, 15) is 4.79 Å². The fourth-order valence-electron chi connectivity index (χ4n) is 2.79. The summed E-state index contributed by atoms with van der Waals surface area (Å²) in [5, 5.41) is 2.94. The number of hydrogen-bond acceptors (Lipinski definition) is 2. The third-order valence-corrected chi connectivity index (χ3v) is 3.96. The highest BCUT2D eigenvalue weighted by atomic mass is 16.1. The second-order valence-corrected chi connectivity index (χ2v) is 5.96. The summed E-state index contributed by atoms with van der Waals surface area (Å²) < 4.78 is 0. The summed E-state index contributed by atoms with van der Waals surface area (Å²) in [6.45, 7) is 4.40. The average molecular weight is 292 g/mol. The van der Waals surface area contributed by atoms with Gasteiger partial charge in [-0.1, -0.05) is 26.0 Å². The normalized spacial score (nSPS) is 14.7. The quantitative estimate of drug-likeness (QED) is 0.922. The predicted octanol–water partition coefficient (Wildman–Crippen LogP) is 4.16. The van der Waals surface area contributed by atoms with Crippen molar-refractivity contribution in [3.05, 3.63) is 59.4 Å². The van der Waals surface area contributed by atoms with E-state index >= 15 is 0 Å². The van der Waals surface area contributed by atoms with Crippen LogP contribution in [0.3, 0.4) is 0 Å². The van der Waals surface area contributed by atoms with Gasteiger partial charge in [-0.3, -0.25) is 9.78 Å². The van der Waals surface area contributed by atoms with Crippen molar-refractivity contribution in [2.24, 2.45) is 5.92 Å². The highest BCUT2D eigenvalue weighted by Gasteiger charge is 2.16. The maximum absolute atomic E-state index is 11.5. The monoisotopic (exact) mass is 292 g/mol. The van der Waals surface area contributed by atoms with Gasteiger partial charge in [-0.05, 0) is 58.9 Å². The lowest BCUT2D eigenvalue weighted by molar-refractivity contribution is -0.116. The fraction of sp³-hybridized carbons (Fsp3) is 0.263. The van der Waals surface area contributed by atoms with Crippen molar-refractivity contribution in [2.45, 2.75) is 26.7 Å². The van der Waals surface area contributed by atoms with Gasteiger partial charge in [0.2, 0.25) is 5.91 Å². The molecular formula is C19H20N2O. The van der Waals surface area contributed by atoms with Crippen molar-refractivity contribution in [2.75, 3.05) is 5.32 Å². The first-order valence-electron chi connectivity index (χ1n) is 7.68. The van der Waals surface area contributed by atoms with E-state index < -0.39 is 0 Å². The highest BCUT2D eigenvalue weighted by Crippen LogP contribution is 2.31. The first-order chi connectivity index (χ1) is 10.6. The minimum Gasteiger partial charge on any atom is -0.326 e. The largest absolute Gasteiger partial charge is 0.326 e. The Morgan fingerprint density at radius 1 is 1.27 bits per heavy atom. The molecule has 0 bridgehead atoms. The molecule has 1 amide bonds. The maximum atomic E-state index is 11.5. The number of nitrogens with zero attached hydrogens (tertiary/aromatic N) is 1. The molecule has 1 aliphatic rings. The number of nitrogens with one attached hydrogen (secondary N) is 1. The zero-order valence-electron chi connectivity index (χ0n) is 13.0. The topological polar surface area (TPSA) is 42.0 Å². The lowest BCUT2D eigenvalue weighted by atomic mass is 9.90. The van der Waals surface area contributed by atoms with E-state index in [1.165, 1.54) is 16.7 Å². The van der Waals surface area contributed by atoms with Crippen molar-refractivity contribution >= 4 is 23.2 Å². The van der Waals surface area contributed by atoms with Gasteiger partial charge < -0.3 is 5.32 Å². The number of amides is 1. The van der Waals surface area contributed by atoms with Crippen LogP contribution in [0.2, 0.25) is 0 Å². The van der Waals surface area contributed by atoms with Crippen LogP contribution >= 0.6 is 0 Å². The molecule has 1 aromatic carbocycles. The number of aromatic nitrogens is 1. The summed E-state index contributed by atoms with van der Waals surface area (Å²) in [4.78, 5) is 15.6. The Morgan fingerprint density at radius 2 is 2.14 bits per heavy atom. The molecule has 0 unspecified atom stereocenters. The van der Waals surface area contributed by atoms with Crippen molar-refractivity contribution in [1.82, 2.24) is 4.98 Å². The Hall–Kier alpha value is -2.42. The van der Waals surface area contributed by atoms with Crippen LogP contribution in [0.25, 0.3) is 11.6 Å². The van der Waals surface area contributed by atoms with Gasteiger partial charge >= 0.3 is 0 Å². The minimum atomic E-state index is 0.107. The second-order valence-electron chi connectivity index (χ2n) is 5.96. The van der Waals surface area contributed by atoms with Crippen molar-refractivity contribution in [1.29, 1.82) is 0 Å².